The van der Waals surface area contributed by atoms with Gasteiger partial charge in [0.2, 0.25) is 0 Å². The number of anilines is 1. The Balaban J connectivity index is 2.39. The molecule has 1 amide bonds. The summed E-state index contributed by atoms with van der Waals surface area (Å²) in [6.07, 6.45) is 4.70. The standard InChI is InChI=1S/C24H26F2N4O2S/c1-13(23(2,3)12-27)7-6-8-19(28)30-22-15(21(29)31)11-18(33-22)20-16(25)9-14(10-17(20)26)24(4,5)32/h6-11,30,32H,1,28H2,2-5H3,(H2,29,31)/b7-6-,19-8+. The van der Waals surface area contributed by atoms with Gasteiger partial charge in [0, 0.05) is 4.88 Å². The number of aliphatic hydroxyl groups is 1. The number of carbonyl (C=O) groups excluding carboxylic acids is 1. The molecule has 0 aliphatic carbocycles. The number of amides is 1. The number of nitrogens with zero attached hydrogens (tertiary/aromatic N) is 1. The first kappa shape index (κ1) is 25.8. The highest BCUT2D eigenvalue weighted by Crippen LogP contribution is 2.39. The minimum atomic E-state index is -1.43. The highest BCUT2D eigenvalue weighted by atomic mass is 32.1. The molecule has 33 heavy (non-hydrogen) atoms. The Morgan fingerprint density at radius 2 is 1.79 bits per heavy atom. The van der Waals surface area contributed by atoms with Crippen molar-refractivity contribution in [3.63, 3.8) is 0 Å². The molecule has 6 N–H and O–H groups in total. The molecule has 1 aromatic heterocycles. The van der Waals surface area contributed by atoms with Crippen LogP contribution in [0.3, 0.4) is 0 Å². The van der Waals surface area contributed by atoms with Gasteiger partial charge in [-0.05, 0) is 63.1 Å². The maximum absolute atomic E-state index is 14.7. The molecule has 9 heteroatoms. The molecule has 2 aromatic rings. The van der Waals surface area contributed by atoms with Gasteiger partial charge in [-0.3, -0.25) is 4.79 Å². The number of primary amides is 1. The Bertz CT molecular complexity index is 1180. The fraction of sp³-hybridized carbons (Fsp3) is 0.250. The highest BCUT2D eigenvalue weighted by Gasteiger charge is 2.24. The van der Waals surface area contributed by atoms with E-state index in [4.69, 9.17) is 16.7 Å². The van der Waals surface area contributed by atoms with Gasteiger partial charge in [-0.15, -0.1) is 11.3 Å². The molecule has 0 aliphatic rings. The summed E-state index contributed by atoms with van der Waals surface area (Å²) < 4.78 is 29.5. The van der Waals surface area contributed by atoms with Crippen molar-refractivity contribution in [3.8, 4) is 16.5 Å². The fourth-order valence-electron chi connectivity index (χ4n) is 2.67. The third kappa shape index (κ3) is 6.06. The second kappa shape index (κ2) is 9.57. The maximum atomic E-state index is 14.7. The third-order valence-corrected chi connectivity index (χ3v) is 5.97. The SMILES string of the molecule is C=C(/C=C\C=C(/N)Nc1sc(-c2c(F)cc(C(C)(C)O)cc2F)cc1C(N)=O)C(C)(C)C#N. The number of halogens is 2. The van der Waals surface area contributed by atoms with E-state index in [2.05, 4.69) is 18.0 Å². The maximum Gasteiger partial charge on any atom is 0.251 e. The Morgan fingerprint density at radius 1 is 1.21 bits per heavy atom. The van der Waals surface area contributed by atoms with Crippen LogP contribution in [0, 0.1) is 28.4 Å². The average Bonchev–Trinajstić information content (AvgIpc) is 3.09. The lowest BCUT2D eigenvalue weighted by Gasteiger charge is -2.18. The van der Waals surface area contributed by atoms with Gasteiger partial charge in [0.05, 0.1) is 28.2 Å². The number of carbonyl (C=O) groups is 1. The Kier molecular flexibility index (Phi) is 7.47. The van der Waals surface area contributed by atoms with Crippen molar-refractivity contribution in [1.29, 1.82) is 5.26 Å². The quantitative estimate of drug-likeness (QED) is 0.407. The molecule has 174 valence electrons. The predicted octanol–water partition coefficient (Wildman–Crippen LogP) is 4.89. The van der Waals surface area contributed by atoms with Crippen molar-refractivity contribution >= 4 is 22.2 Å². The van der Waals surface area contributed by atoms with Gasteiger partial charge in [0.1, 0.15) is 22.5 Å². The zero-order chi connectivity index (χ0) is 25.1. The van der Waals surface area contributed by atoms with E-state index in [-0.39, 0.29) is 32.4 Å². The normalized spacial score (nSPS) is 12.6. The number of allylic oxidation sites excluding steroid dienone is 4. The summed E-state index contributed by atoms with van der Waals surface area (Å²) in [6, 6.07) is 5.50. The zero-order valence-electron chi connectivity index (χ0n) is 18.8. The van der Waals surface area contributed by atoms with Gasteiger partial charge in [0.15, 0.2) is 0 Å². The summed E-state index contributed by atoms with van der Waals surface area (Å²) in [5, 5.41) is 22.2. The molecule has 0 atom stereocenters. The number of benzene rings is 1. The van der Waals surface area contributed by atoms with Crippen molar-refractivity contribution in [1.82, 2.24) is 0 Å². The van der Waals surface area contributed by atoms with Crippen LogP contribution in [0.1, 0.15) is 43.6 Å². The largest absolute Gasteiger partial charge is 0.386 e. The summed E-state index contributed by atoms with van der Waals surface area (Å²) in [7, 11) is 0. The summed E-state index contributed by atoms with van der Waals surface area (Å²) in [4.78, 5) is 12.0. The Labute approximate surface area is 195 Å². The number of thiophene rings is 1. The zero-order valence-corrected chi connectivity index (χ0v) is 19.6. The molecule has 0 unspecified atom stereocenters. The van der Waals surface area contributed by atoms with Crippen molar-refractivity contribution in [2.45, 2.75) is 33.3 Å². The van der Waals surface area contributed by atoms with E-state index in [9.17, 15) is 18.7 Å². The first-order valence-corrected chi connectivity index (χ1v) is 10.7. The molecule has 2 rings (SSSR count). The van der Waals surface area contributed by atoms with Crippen LogP contribution in [-0.2, 0) is 5.60 Å². The van der Waals surface area contributed by atoms with Crippen LogP contribution in [0.5, 0.6) is 0 Å². The molecule has 0 bridgehead atoms. The van der Waals surface area contributed by atoms with E-state index in [0.29, 0.717) is 5.57 Å². The molecule has 0 saturated heterocycles. The second-order valence-electron chi connectivity index (χ2n) is 8.46. The number of rotatable bonds is 8. The number of hydrogen-bond acceptors (Lipinski definition) is 6. The van der Waals surface area contributed by atoms with Crippen LogP contribution in [-0.4, -0.2) is 11.0 Å². The Hall–Kier alpha value is -3.48. The van der Waals surface area contributed by atoms with Crippen molar-refractivity contribution in [2.75, 3.05) is 5.32 Å². The van der Waals surface area contributed by atoms with Crippen molar-refractivity contribution in [2.24, 2.45) is 16.9 Å². The summed E-state index contributed by atoms with van der Waals surface area (Å²) in [5.41, 5.74) is 9.53. The number of hydrogen-bond donors (Lipinski definition) is 4. The second-order valence-corrected chi connectivity index (χ2v) is 9.51. The van der Waals surface area contributed by atoms with E-state index in [1.54, 1.807) is 26.0 Å². The molecule has 1 aromatic carbocycles. The van der Waals surface area contributed by atoms with Gasteiger partial charge < -0.3 is 21.9 Å². The van der Waals surface area contributed by atoms with E-state index < -0.39 is 28.6 Å². The molecule has 0 saturated carbocycles. The highest BCUT2D eigenvalue weighted by molar-refractivity contribution is 7.19. The Morgan fingerprint density at radius 3 is 2.27 bits per heavy atom. The molecule has 6 nitrogen and oxygen atoms in total. The van der Waals surface area contributed by atoms with Gasteiger partial charge >= 0.3 is 0 Å². The number of nitrogens with two attached hydrogens (primary N) is 2. The van der Waals surface area contributed by atoms with Gasteiger partial charge in [-0.1, -0.05) is 18.7 Å². The molecule has 1 heterocycles. The average molecular weight is 473 g/mol. The van der Waals surface area contributed by atoms with Crippen molar-refractivity contribution < 1.29 is 18.7 Å². The predicted molar refractivity (Wildman–Crippen MR) is 127 cm³/mol. The molecule has 0 aliphatic heterocycles. The minimum absolute atomic E-state index is 0.00992. The van der Waals surface area contributed by atoms with E-state index >= 15 is 0 Å². The monoisotopic (exact) mass is 472 g/mol. The number of nitrogens with one attached hydrogen (secondary N) is 1. The first-order chi connectivity index (χ1) is 15.2. The number of nitriles is 1. The van der Waals surface area contributed by atoms with E-state index in [1.807, 2.05) is 0 Å². The van der Waals surface area contributed by atoms with E-state index in [1.165, 1.54) is 26.0 Å². The first-order valence-electron chi connectivity index (χ1n) is 9.84. The lowest BCUT2D eigenvalue weighted by Crippen LogP contribution is -2.16. The molecule has 0 spiro atoms. The van der Waals surface area contributed by atoms with Crippen LogP contribution < -0.4 is 16.8 Å². The van der Waals surface area contributed by atoms with Gasteiger partial charge in [-0.25, -0.2) is 8.78 Å². The van der Waals surface area contributed by atoms with Crippen LogP contribution in [0.25, 0.3) is 10.4 Å². The minimum Gasteiger partial charge on any atom is -0.386 e. The lowest BCUT2D eigenvalue weighted by atomic mass is 9.87. The smallest absolute Gasteiger partial charge is 0.251 e. The van der Waals surface area contributed by atoms with Crippen LogP contribution >= 0.6 is 11.3 Å². The van der Waals surface area contributed by atoms with Crippen molar-refractivity contribution in [3.05, 3.63) is 77.2 Å². The topological polar surface area (TPSA) is 125 Å². The van der Waals surface area contributed by atoms with Crippen LogP contribution in [0.4, 0.5) is 13.8 Å². The van der Waals surface area contributed by atoms with Gasteiger partial charge in [0.25, 0.3) is 5.91 Å². The molecular weight excluding hydrogens is 446 g/mol. The summed E-state index contributed by atoms with van der Waals surface area (Å²) in [5.74, 6) is -2.45. The third-order valence-electron chi connectivity index (χ3n) is 4.91. The molecular formula is C24H26F2N4O2S. The van der Waals surface area contributed by atoms with Gasteiger partial charge in [-0.2, -0.15) is 5.26 Å². The summed E-state index contributed by atoms with van der Waals surface area (Å²) >= 11 is 0.899. The molecule has 0 radical (unpaired) electrons. The van der Waals surface area contributed by atoms with Crippen LogP contribution in [0.15, 0.2) is 54.4 Å². The molecule has 0 fully saturated rings. The summed E-state index contributed by atoms with van der Waals surface area (Å²) in [6.45, 7) is 10.1. The van der Waals surface area contributed by atoms with Crippen LogP contribution in [0.2, 0.25) is 0 Å². The fourth-order valence-corrected chi connectivity index (χ4v) is 3.80. The van der Waals surface area contributed by atoms with E-state index in [0.717, 1.165) is 23.5 Å². The lowest BCUT2D eigenvalue weighted by molar-refractivity contribution is 0.0778.